The van der Waals surface area contributed by atoms with Crippen LogP contribution in [0.5, 0.6) is 0 Å². The van der Waals surface area contributed by atoms with Gasteiger partial charge in [0.15, 0.2) is 5.03 Å². The van der Waals surface area contributed by atoms with E-state index in [1.54, 1.807) is 6.20 Å². The summed E-state index contributed by atoms with van der Waals surface area (Å²) < 4.78 is 27.9. The fourth-order valence-corrected chi connectivity index (χ4v) is 4.24. The Labute approximate surface area is 127 Å². The monoisotopic (exact) mass is 314 g/mol. The Morgan fingerprint density at radius 3 is 2.90 bits per heavy atom. The second-order valence-electron chi connectivity index (χ2n) is 5.94. The van der Waals surface area contributed by atoms with E-state index in [4.69, 9.17) is 0 Å². The Kier molecular flexibility index (Phi) is 5.78. The molecule has 1 aromatic heterocycles. The molecule has 0 bridgehead atoms. The molecule has 2 atom stereocenters. The van der Waals surface area contributed by atoms with Crippen LogP contribution in [0.3, 0.4) is 0 Å². The number of aromatic nitrogens is 2. The van der Waals surface area contributed by atoms with Gasteiger partial charge in [-0.25, -0.2) is 13.1 Å². The fourth-order valence-electron chi connectivity index (χ4n) is 2.80. The summed E-state index contributed by atoms with van der Waals surface area (Å²) in [7, 11) is -3.52. The molecule has 21 heavy (non-hydrogen) atoms. The standard InChI is InChI=1S/C14H26N4O2S/c1-3-15-9-12-10-16-17-14(12)21(19,20)18-13-6-4-5-11(2)7-8-13/h10-11,13,15,18H,3-9H2,1-2H3,(H,16,17). The Balaban J connectivity index is 2.06. The first-order valence-corrected chi connectivity index (χ1v) is 9.26. The topological polar surface area (TPSA) is 86.9 Å². The minimum Gasteiger partial charge on any atom is -0.313 e. The van der Waals surface area contributed by atoms with Crippen molar-refractivity contribution in [3.63, 3.8) is 0 Å². The van der Waals surface area contributed by atoms with Gasteiger partial charge in [0, 0.05) is 18.2 Å². The van der Waals surface area contributed by atoms with Gasteiger partial charge in [-0.15, -0.1) is 0 Å². The van der Waals surface area contributed by atoms with Crippen molar-refractivity contribution in [1.29, 1.82) is 0 Å². The second-order valence-corrected chi connectivity index (χ2v) is 7.59. The first-order chi connectivity index (χ1) is 10.0. The first kappa shape index (κ1) is 16.5. The smallest absolute Gasteiger partial charge is 0.258 e. The van der Waals surface area contributed by atoms with E-state index >= 15 is 0 Å². The van der Waals surface area contributed by atoms with Crippen molar-refractivity contribution in [2.75, 3.05) is 6.54 Å². The van der Waals surface area contributed by atoms with Gasteiger partial charge in [-0.05, 0) is 31.7 Å². The van der Waals surface area contributed by atoms with Gasteiger partial charge in [0.05, 0.1) is 6.20 Å². The molecule has 120 valence electrons. The van der Waals surface area contributed by atoms with Crippen LogP contribution in [0.2, 0.25) is 0 Å². The van der Waals surface area contributed by atoms with Crippen LogP contribution in [0.1, 0.15) is 51.5 Å². The maximum Gasteiger partial charge on any atom is 0.258 e. The molecular formula is C14H26N4O2S. The van der Waals surface area contributed by atoms with E-state index in [1.807, 2.05) is 6.92 Å². The van der Waals surface area contributed by atoms with Crippen LogP contribution in [0, 0.1) is 5.92 Å². The summed E-state index contributed by atoms with van der Waals surface area (Å²) in [6.45, 7) is 5.52. The highest BCUT2D eigenvalue weighted by atomic mass is 32.2. The summed E-state index contributed by atoms with van der Waals surface area (Å²) in [5.74, 6) is 0.691. The molecule has 6 nitrogen and oxygen atoms in total. The number of aromatic amines is 1. The molecule has 3 N–H and O–H groups in total. The van der Waals surface area contributed by atoms with Crippen molar-refractivity contribution in [3.05, 3.63) is 11.8 Å². The minimum atomic E-state index is -3.52. The van der Waals surface area contributed by atoms with Crippen LogP contribution >= 0.6 is 0 Å². The second kappa shape index (κ2) is 7.38. The molecule has 1 aromatic rings. The lowest BCUT2D eigenvalue weighted by Crippen LogP contribution is -2.35. The molecule has 0 spiro atoms. The van der Waals surface area contributed by atoms with Gasteiger partial charge in [0.1, 0.15) is 0 Å². The van der Waals surface area contributed by atoms with Crippen LogP contribution in [0.4, 0.5) is 0 Å². The molecule has 0 amide bonds. The lowest BCUT2D eigenvalue weighted by atomic mass is 10.0. The third-order valence-corrected chi connectivity index (χ3v) is 5.63. The molecule has 1 heterocycles. The van der Waals surface area contributed by atoms with Gasteiger partial charge in [0.25, 0.3) is 10.0 Å². The zero-order chi connectivity index (χ0) is 15.3. The number of nitrogens with one attached hydrogen (secondary N) is 3. The van der Waals surface area contributed by atoms with Crippen LogP contribution in [0.25, 0.3) is 0 Å². The summed E-state index contributed by atoms with van der Waals surface area (Å²) in [6.07, 6.45) is 6.76. The third-order valence-electron chi connectivity index (χ3n) is 4.09. The molecule has 0 aromatic carbocycles. The van der Waals surface area contributed by atoms with Gasteiger partial charge in [-0.3, -0.25) is 5.10 Å². The van der Waals surface area contributed by atoms with Crippen molar-refractivity contribution >= 4 is 10.0 Å². The van der Waals surface area contributed by atoms with Crippen molar-refractivity contribution in [1.82, 2.24) is 20.2 Å². The summed E-state index contributed by atoms with van der Waals surface area (Å²) in [5.41, 5.74) is 0.686. The van der Waals surface area contributed by atoms with Crippen molar-refractivity contribution in [2.24, 2.45) is 5.92 Å². The zero-order valence-electron chi connectivity index (χ0n) is 12.9. The SMILES string of the molecule is CCNCc1cn[nH]c1S(=O)(=O)NC1CCCC(C)CC1. The van der Waals surface area contributed by atoms with E-state index in [0.29, 0.717) is 18.0 Å². The Hall–Kier alpha value is -0.920. The predicted molar refractivity (Wildman–Crippen MR) is 82.3 cm³/mol. The van der Waals surface area contributed by atoms with E-state index in [0.717, 1.165) is 32.2 Å². The molecule has 0 radical (unpaired) electrons. The lowest BCUT2D eigenvalue weighted by molar-refractivity contribution is 0.483. The average molecular weight is 314 g/mol. The summed E-state index contributed by atoms with van der Waals surface area (Å²) in [5, 5.41) is 9.83. The fraction of sp³-hybridized carbons (Fsp3) is 0.786. The van der Waals surface area contributed by atoms with Crippen LogP contribution in [-0.2, 0) is 16.6 Å². The number of hydrogen-bond donors (Lipinski definition) is 3. The van der Waals surface area contributed by atoms with Crippen molar-refractivity contribution < 1.29 is 8.42 Å². The Bertz CT molecular complexity index is 541. The van der Waals surface area contributed by atoms with Gasteiger partial charge in [-0.1, -0.05) is 26.7 Å². The molecule has 0 aliphatic heterocycles. The normalized spacial score (nSPS) is 23.9. The highest BCUT2D eigenvalue weighted by molar-refractivity contribution is 7.89. The molecule has 2 rings (SSSR count). The van der Waals surface area contributed by atoms with E-state index in [2.05, 4.69) is 27.2 Å². The van der Waals surface area contributed by atoms with Crippen molar-refractivity contribution in [3.8, 4) is 0 Å². The lowest BCUT2D eigenvalue weighted by Gasteiger charge is -2.16. The van der Waals surface area contributed by atoms with Gasteiger partial charge >= 0.3 is 0 Å². The molecule has 1 aliphatic carbocycles. The number of hydrogen-bond acceptors (Lipinski definition) is 4. The van der Waals surface area contributed by atoms with E-state index in [9.17, 15) is 8.42 Å². The molecular weight excluding hydrogens is 288 g/mol. The summed E-state index contributed by atoms with van der Waals surface area (Å²) in [4.78, 5) is 0. The van der Waals surface area contributed by atoms with Crippen molar-refractivity contribution in [2.45, 2.75) is 63.6 Å². The first-order valence-electron chi connectivity index (χ1n) is 7.78. The molecule has 0 saturated heterocycles. The van der Waals surface area contributed by atoms with Crippen LogP contribution < -0.4 is 10.0 Å². The predicted octanol–water partition coefficient (Wildman–Crippen LogP) is 1.77. The van der Waals surface area contributed by atoms with E-state index < -0.39 is 10.0 Å². The molecule has 1 saturated carbocycles. The number of H-pyrrole nitrogens is 1. The van der Waals surface area contributed by atoms with Gasteiger partial charge < -0.3 is 5.32 Å². The maximum absolute atomic E-state index is 12.5. The number of sulfonamides is 1. The van der Waals surface area contributed by atoms with Gasteiger partial charge in [-0.2, -0.15) is 5.10 Å². The molecule has 1 aliphatic rings. The zero-order valence-corrected chi connectivity index (χ0v) is 13.7. The average Bonchev–Trinajstić information content (AvgIpc) is 2.83. The third kappa shape index (κ3) is 4.52. The summed E-state index contributed by atoms with van der Waals surface area (Å²) >= 11 is 0. The molecule has 1 fully saturated rings. The van der Waals surface area contributed by atoms with E-state index in [-0.39, 0.29) is 11.1 Å². The highest BCUT2D eigenvalue weighted by Crippen LogP contribution is 2.24. The minimum absolute atomic E-state index is 0.0373. The Morgan fingerprint density at radius 2 is 2.14 bits per heavy atom. The van der Waals surface area contributed by atoms with Crippen LogP contribution in [0.15, 0.2) is 11.2 Å². The highest BCUT2D eigenvalue weighted by Gasteiger charge is 2.25. The largest absolute Gasteiger partial charge is 0.313 e. The van der Waals surface area contributed by atoms with Crippen LogP contribution in [-0.4, -0.2) is 31.2 Å². The summed E-state index contributed by atoms with van der Waals surface area (Å²) in [6, 6.07) is 0.0373. The van der Waals surface area contributed by atoms with E-state index in [1.165, 1.54) is 6.42 Å². The molecule has 2 unspecified atom stereocenters. The maximum atomic E-state index is 12.5. The number of rotatable bonds is 6. The quantitative estimate of drug-likeness (QED) is 0.698. The van der Waals surface area contributed by atoms with Gasteiger partial charge in [0.2, 0.25) is 0 Å². The number of nitrogens with zero attached hydrogens (tertiary/aromatic N) is 1. The Morgan fingerprint density at radius 1 is 1.33 bits per heavy atom. The molecule has 7 heteroatoms.